The van der Waals surface area contributed by atoms with Crippen molar-refractivity contribution in [2.45, 2.75) is 26.7 Å². The normalized spacial score (nSPS) is 10.2. The van der Waals surface area contributed by atoms with Crippen LogP contribution in [-0.2, 0) is 4.74 Å². The number of unbranched alkanes of at least 4 members (excludes halogenated alkanes) is 1. The summed E-state index contributed by atoms with van der Waals surface area (Å²) in [6.07, 6.45) is 1.73. The van der Waals surface area contributed by atoms with Gasteiger partial charge in [0.05, 0.1) is 23.7 Å². The first-order valence-corrected chi connectivity index (χ1v) is 8.96. The Bertz CT molecular complexity index is 848. The largest absolute Gasteiger partial charge is 0.487 e. The molecule has 0 aliphatic carbocycles. The zero-order valence-corrected chi connectivity index (χ0v) is 15.8. The van der Waals surface area contributed by atoms with E-state index in [-0.39, 0.29) is 23.6 Å². The van der Waals surface area contributed by atoms with E-state index < -0.39 is 16.8 Å². The number of hydrogen-bond acceptors (Lipinski definition) is 6. The number of nitrogens with zero attached hydrogens (tertiary/aromatic N) is 1. The number of nitrogens with one attached hydrogen (secondary N) is 1. The first-order valence-electron chi connectivity index (χ1n) is 8.96. The average molecular weight is 386 g/mol. The van der Waals surface area contributed by atoms with Gasteiger partial charge in [0.2, 0.25) is 0 Å². The van der Waals surface area contributed by atoms with E-state index in [0.29, 0.717) is 17.9 Å². The minimum atomic E-state index is -0.597. The number of anilines is 1. The highest BCUT2D eigenvalue weighted by atomic mass is 16.6. The number of nitro groups is 1. The standard InChI is InChI=1S/C20H22N2O6/c1-3-5-12-28-20(24)14-6-9-16(10-7-14)21-19(23)15-8-11-18(27-4-2)17(13-15)22(25)26/h6-11,13H,3-5,12H2,1-2H3,(H,21,23). The van der Waals surface area contributed by atoms with Crippen molar-refractivity contribution in [3.63, 3.8) is 0 Å². The summed E-state index contributed by atoms with van der Waals surface area (Å²) in [4.78, 5) is 34.8. The van der Waals surface area contributed by atoms with Gasteiger partial charge in [-0.1, -0.05) is 13.3 Å². The molecular formula is C20H22N2O6. The second-order valence-electron chi connectivity index (χ2n) is 5.89. The second-order valence-corrected chi connectivity index (χ2v) is 5.89. The zero-order valence-electron chi connectivity index (χ0n) is 15.8. The maximum absolute atomic E-state index is 12.4. The molecule has 0 saturated carbocycles. The molecule has 0 saturated heterocycles. The van der Waals surface area contributed by atoms with Gasteiger partial charge in [-0.25, -0.2) is 4.79 Å². The van der Waals surface area contributed by atoms with Gasteiger partial charge in [-0.15, -0.1) is 0 Å². The van der Waals surface area contributed by atoms with Crippen molar-refractivity contribution >= 4 is 23.3 Å². The molecule has 8 nitrogen and oxygen atoms in total. The molecule has 0 fully saturated rings. The van der Waals surface area contributed by atoms with Gasteiger partial charge < -0.3 is 14.8 Å². The summed E-state index contributed by atoms with van der Waals surface area (Å²) in [5.41, 5.74) is 0.676. The van der Waals surface area contributed by atoms with E-state index in [0.717, 1.165) is 12.8 Å². The molecule has 1 amide bonds. The fourth-order valence-corrected chi connectivity index (χ4v) is 2.36. The molecule has 28 heavy (non-hydrogen) atoms. The molecule has 2 aromatic carbocycles. The van der Waals surface area contributed by atoms with Crippen LogP contribution in [0.1, 0.15) is 47.4 Å². The Labute approximate surface area is 162 Å². The molecule has 2 aromatic rings. The SMILES string of the molecule is CCCCOC(=O)c1ccc(NC(=O)c2ccc(OCC)c([N+](=O)[O-])c2)cc1. The number of rotatable bonds is 9. The maximum atomic E-state index is 12.4. The predicted molar refractivity (Wildman–Crippen MR) is 104 cm³/mol. The molecule has 0 bridgehead atoms. The van der Waals surface area contributed by atoms with Crippen LogP contribution in [-0.4, -0.2) is 30.0 Å². The first-order chi connectivity index (χ1) is 13.5. The van der Waals surface area contributed by atoms with Crippen LogP contribution in [0.3, 0.4) is 0 Å². The molecule has 148 valence electrons. The monoisotopic (exact) mass is 386 g/mol. The molecule has 1 N–H and O–H groups in total. The fourth-order valence-electron chi connectivity index (χ4n) is 2.36. The van der Waals surface area contributed by atoms with Gasteiger partial charge in [-0.3, -0.25) is 14.9 Å². The molecule has 2 rings (SSSR count). The summed E-state index contributed by atoms with van der Waals surface area (Å²) in [6, 6.07) is 10.2. The molecule has 0 heterocycles. The Balaban J connectivity index is 2.07. The van der Waals surface area contributed by atoms with Crippen molar-refractivity contribution in [1.82, 2.24) is 0 Å². The van der Waals surface area contributed by atoms with Crippen molar-refractivity contribution in [3.05, 3.63) is 63.7 Å². The Morgan fingerprint density at radius 2 is 1.75 bits per heavy atom. The first kappa shape index (κ1) is 20.9. The summed E-state index contributed by atoms with van der Waals surface area (Å²) in [7, 11) is 0. The summed E-state index contributed by atoms with van der Waals surface area (Å²) in [5.74, 6) is -0.826. The highest BCUT2D eigenvalue weighted by Crippen LogP contribution is 2.28. The Morgan fingerprint density at radius 3 is 2.36 bits per heavy atom. The van der Waals surface area contributed by atoms with E-state index in [1.54, 1.807) is 31.2 Å². The van der Waals surface area contributed by atoms with Crippen LogP contribution in [0, 0.1) is 10.1 Å². The Kier molecular flexibility index (Phi) is 7.50. The Morgan fingerprint density at radius 1 is 1.07 bits per heavy atom. The third-order valence-corrected chi connectivity index (χ3v) is 3.83. The van der Waals surface area contributed by atoms with Gasteiger partial charge in [0, 0.05) is 17.3 Å². The van der Waals surface area contributed by atoms with Gasteiger partial charge in [0.15, 0.2) is 5.75 Å². The third kappa shape index (κ3) is 5.54. The summed E-state index contributed by atoms with van der Waals surface area (Å²) in [6.45, 7) is 4.36. The van der Waals surface area contributed by atoms with Gasteiger partial charge in [0.1, 0.15) is 0 Å². The molecular weight excluding hydrogens is 364 g/mol. The fraction of sp³-hybridized carbons (Fsp3) is 0.300. The van der Waals surface area contributed by atoms with E-state index >= 15 is 0 Å². The lowest BCUT2D eigenvalue weighted by Gasteiger charge is -2.08. The lowest BCUT2D eigenvalue weighted by Crippen LogP contribution is -2.13. The van der Waals surface area contributed by atoms with Crippen molar-refractivity contribution < 1.29 is 24.0 Å². The number of esters is 1. The topological polar surface area (TPSA) is 108 Å². The zero-order chi connectivity index (χ0) is 20.5. The van der Waals surface area contributed by atoms with Crippen LogP contribution < -0.4 is 10.1 Å². The minimum Gasteiger partial charge on any atom is -0.487 e. The van der Waals surface area contributed by atoms with E-state index in [4.69, 9.17) is 9.47 Å². The number of amides is 1. The van der Waals surface area contributed by atoms with Crippen LogP contribution in [0.2, 0.25) is 0 Å². The summed E-state index contributed by atoms with van der Waals surface area (Å²) < 4.78 is 10.3. The Hall–Kier alpha value is -3.42. The molecule has 0 radical (unpaired) electrons. The van der Waals surface area contributed by atoms with E-state index in [1.807, 2.05) is 6.92 Å². The van der Waals surface area contributed by atoms with Crippen molar-refractivity contribution in [1.29, 1.82) is 0 Å². The molecule has 0 aromatic heterocycles. The van der Waals surface area contributed by atoms with Gasteiger partial charge in [-0.2, -0.15) is 0 Å². The van der Waals surface area contributed by atoms with Gasteiger partial charge in [0.25, 0.3) is 5.91 Å². The van der Waals surface area contributed by atoms with E-state index in [9.17, 15) is 19.7 Å². The van der Waals surface area contributed by atoms with Crippen molar-refractivity contribution in [3.8, 4) is 5.75 Å². The number of hydrogen-bond donors (Lipinski definition) is 1. The van der Waals surface area contributed by atoms with Crippen LogP contribution in [0.15, 0.2) is 42.5 Å². The highest BCUT2D eigenvalue weighted by molar-refractivity contribution is 6.05. The lowest BCUT2D eigenvalue weighted by molar-refractivity contribution is -0.385. The van der Waals surface area contributed by atoms with Gasteiger partial charge >= 0.3 is 11.7 Å². The lowest BCUT2D eigenvalue weighted by atomic mass is 10.1. The number of nitro benzene ring substituents is 1. The minimum absolute atomic E-state index is 0.106. The number of carbonyl (C=O) groups excluding carboxylic acids is 2. The second kappa shape index (κ2) is 10.1. The van der Waals surface area contributed by atoms with Crippen LogP contribution >= 0.6 is 0 Å². The summed E-state index contributed by atoms with van der Waals surface area (Å²) in [5, 5.41) is 13.8. The van der Waals surface area contributed by atoms with Crippen molar-refractivity contribution in [2.75, 3.05) is 18.5 Å². The maximum Gasteiger partial charge on any atom is 0.338 e. The average Bonchev–Trinajstić information content (AvgIpc) is 2.69. The number of benzene rings is 2. The van der Waals surface area contributed by atoms with E-state index in [1.165, 1.54) is 18.2 Å². The van der Waals surface area contributed by atoms with Crippen molar-refractivity contribution in [2.24, 2.45) is 0 Å². The molecule has 0 unspecified atom stereocenters. The predicted octanol–water partition coefficient (Wildman–Crippen LogP) is 4.20. The number of ether oxygens (including phenoxy) is 2. The van der Waals surface area contributed by atoms with Crippen LogP contribution in [0.4, 0.5) is 11.4 Å². The molecule has 0 atom stereocenters. The third-order valence-electron chi connectivity index (χ3n) is 3.83. The highest BCUT2D eigenvalue weighted by Gasteiger charge is 2.19. The quantitative estimate of drug-likeness (QED) is 0.299. The smallest absolute Gasteiger partial charge is 0.338 e. The molecule has 0 aliphatic rings. The van der Waals surface area contributed by atoms with Crippen LogP contribution in [0.5, 0.6) is 5.75 Å². The molecule has 0 spiro atoms. The molecule has 8 heteroatoms. The van der Waals surface area contributed by atoms with Gasteiger partial charge in [-0.05, 0) is 49.7 Å². The van der Waals surface area contributed by atoms with Crippen LogP contribution in [0.25, 0.3) is 0 Å². The van der Waals surface area contributed by atoms with E-state index in [2.05, 4.69) is 5.32 Å². The number of carbonyl (C=O) groups is 2. The molecule has 0 aliphatic heterocycles. The summed E-state index contributed by atoms with van der Waals surface area (Å²) >= 11 is 0.